The van der Waals surface area contributed by atoms with Crippen LogP contribution in [0.3, 0.4) is 0 Å². The molecule has 1 unspecified atom stereocenters. The van der Waals surface area contributed by atoms with E-state index in [4.69, 9.17) is 16.3 Å². The van der Waals surface area contributed by atoms with Crippen LogP contribution >= 0.6 is 11.6 Å². The summed E-state index contributed by atoms with van der Waals surface area (Å²) in [5.41, 5.74) is 1.38. The highest BCUT2D eigenvalue weighted by Crippen LogP contribution is 2.18. The molecule has 0 aliphatic heterocycles. The van der Waals surface area contributed by atoms with Crippen LogP contribution in [0.2, 0.25) is 0 Å². The molecular weight excluding hydrogens is 278 g/mol. The average Bonchev–Trinajstić information content (AvgIpc) is 2.76. The molecule has 1 aromatic carbocycles. The molecule has 0 aliphatic rings. The van der Waals surface area contributed by atoms with Gasteiger partial charge >= 0.3 is 0 Å². The van der Waals surface area contributed by atoms with E-state index in [1.54, 1.807) is 23.7 Å². The molecule has 0 N–H and O–H groups in total. The molecule has 20 heavy (non-hydrogen) atoms. The summed E-state index contributed by atoms with van der Waals surface area (Å²) in [6, 6.07) is 7.66. The number of methoxy groups -OCH3 is 1. The number of halogens is 1. The Morgan fingerprint density at radius 3 is 2.90 bits per heavy atom. The molecule has 0 radical (unpaired) electrons. The monoisotopic (exact) mass is 295 g/mol. The first kappa shape index (κ1) is 14.8. The van der Waals surface area contributed by atoms with Gasteiger partial charge in [-0.1, -0.05) is 18.2 Å². The lowest BCUT2D eigenvalue weighted by molar-refractivity contribution is 0.0777. The highest BCUT2D eigenvalue weighted by molar-refractivity contribution is 6.21. The van der Waals surface area contributed by atoms with E-state index in [-0.39, 0.29) is 11.3 Å². The Hall–Kier alpha value is -1.59. The highest BCUT2D eigenvalue weighted by Gasteiger charge is 2.21. The van der Waals surface area contributed by atoms with Crippen LogP contribution in [0.1, 0.15) is 10.5 Å². The van der Waals surface area contributed by atoms with Gasteiger partial charge in [0, 0.05) is 33.1 Å². The van der Waals surface area contributed by atoms with Crippen molar-refractivity contribution in [3.05, 3.63) is 30.0 Å². The van der Waals surface area contributed by atoms with Gasteiger partial charge in [-0.2, -0.15) is 5.10 Å². The van der Waals surface area contributed by atoms with Crippen molar-refractivity contribution in [2.24, 2.45) is 7.05 Å². The number of benzene rings is 1. The molecule has 5 nitrogen and oxygen atoms in total. The molecule has 1 heterocycles. The molecule has 2 aromatic rings. The van der Waals surface area contributed by atoms with Gasteiger partial charge in [0.05, 0.1) is 17.5 Å². The Morgan fingerprint density at radius 2 is 2.20 bits per heavy atom. The molecule has 0 bridgehead atoms. The van der Waals surface area contributed by atoms with Crippen LogP contribution < -0.4 is 0 Å². The normalized spacial score (nSPS) is 12.6. The van der Waals surface area contributed by atoms with Crippen molar-refractivity contribution >= 4 is 28.4 Å². The van der Waals surface area contributed by atoms with E-state index in [0.29, 0.717) is 18.8 Å². The summed E-state index contributed by atoms with van der Waals surface area (Å²) in [5.74, 6) is -0.136. The molecule has 0 spiro atoms. The number of rotatable bonds is 5. The van der Waals surface area contributed by atoms with E-state index in [1.807, 2.05) is 31.3 Å². The zero-order valence-corrected chi connectivity index (χ0v) is 12.6. The van der Waals surface area contributed by atoms with Gasteiger partial charge in [0.15, 0.2) is 5.69 Å². The van der Waals surface area contributed by atoms with Crippen molar-refractivity contribution in [1.82, 2.24) is 14.7 Å². The Balaban J connectivity index is 2.23. The molecule has 1 atom stereocenters. The van der Waals surface area contributed by atoms with Gasteiger partial charge in [0.2, 0.25) is 0 Å². The molecule has 108 valence electrons. The zero-order valence-electron chi connectivity index (χ0n) is 11.8. The third-order valence-electron chi connectivity index (χ3n) is 3.13. The number of amides is 1. The van der Waals surface area contributed by atoms with Crippen molar-refractivity contribution in [2.45, 2.75) is 5.38 Å². The summed E-state index contributed by atoms with van der Waals surface area (Å²) in [5, 5.41) is 4.93. The average molecular weight is 296 g/mol. The predicted molar refractivity (Wildman–Crippen MR) is 79.2 cm³/mol. The summed E-state index contributed by atoms with van der Waals surface area (Å²) in [6.07, 6.45) is 0. The quantitative estimate of drug-likeness (QED) is 0.792. The minimum atomic E-state index is -0.232. The van der Waals surface area contributed by atoms with E-state index >= 15 is 0 Å². The summed E-state index contributed by atoms with van der Waals surface area (Å²) in [7, 11) is 5.13. The number of carbonyl (C=O) groups is 1. The maximum Gasteiger partial charge on any atom is 0.274 e. The van der Waals surface area contributed by atoms with Crippen molar-refractivity contribution in [2.75, 3.05) is 27.3 Å². The van der Waals surface area contributed by atoms with E-state index in [2.05, 4.69) is 5.10 Å². The Bertz CT molecular complexity index is 611. The van der Waals surface area contributed by atoms with Gasteiger partial charge in [-0.3, -0.25) is 9.48 Å². The van der Waals surface area contributed by atoms with Crippen LogP contribution in [-0.4, -0.2) is 53.3 Å². The zero-order chi connectivity index (χ0) is 14.7. The lowest BCUT2D eigenvalue weighted by Crippen LogP contribution is -2.34. The topological polar surface area (TPSA) is 47.4 Å². The van der Waals surface area contributed by atoms with Crippen LogP contribution in [0.15, 0.2) is 24.3 Å². The summed E-state index contributed by atoms with van der Waals surface area (Å²) >= 11 is 6.09. The van der Waals surface area contributed by atoms with Crippen LogP contribution in [0.5, 0.6) is 0 Å². The first-order valence-corrected chi connectivity index (χ1v) is 6.78. The second kappa shape index (κ2) is 6.24. The van der Waals surface area contributed by atoms with Gasteiger partial charge in [-0.25, -0.2) is 0 Å². The number of aromatic nitrogens is 2. The smallest absolute Gasteiger partial charge is 0.274 e. The SMILES string of the molecule is COCC(Cl)CN(C)C(=O)c1nn(C)c2ccccc12. The Kier molecular flexibility index (Phi) is 4.62. The molecule has 0 saturated heterocycles. The molecule has 0 fully saturated rings. The lowest BCUT2D eigenvalue weighted by Gasteiger charge is -2.19. The number of nitrogens with zero attached hydrogens (tertiary/aromatic N) is 3. The maximum atomic E-state index is 12.5. The highest BCUT2D eigenvalue weighted by atomic mass is 35.5. The fourth-order valence-corrected chi connectivity index (χ4v) is 2.50. The Morgan fingerprint density at radius 1 is 1.50 bits per heavy atom. The van der Waals surface area contributed by atoms with Crippen LogP contribution in [0.25, 0.3) is 10.9 Å². The van der Waals surface area contributed by atoms with Crippen LogP contribution in [0, 0.1) is 0 Å². The lowest BCUT2D eigenvalue weighted by atomic mass is 10.2. The van der Waals surface area contributed by atoms with Gasteiger partial charge in [0.25, 0.3) is 5.91 Å². The molecule has 2 rings (SSSR count). The van der Waals surface area contributed by atoms with Gasteiger partial charge in [0.1, 0.15) is 0 Å². The number of para-hydroxylation sites is 1. The maximum absolute atomic E-state index is 12.5. The number of alkyl halides is 1. The van der Waals surface area contributed by atoms with Crippen molar-refractivity contribution in [3.63, 3.8) is 0 Å². The van der Waals surface area contributed by atoms with E-state index in [0.717, 1.165) is 10.9 Å². The minimum Gasteiger partial charge on any atom is -0.383 e. The molecule has 1 amide bonds. The molecule has 0 aliphatic carbocycles. The second-order valence-corrected chi connectivity index (χ2v) is 5.34. The number of hydrogen-bond donors (Lipinski definition) is 0. The number of fused-ring (bicyclic) bond motifs is 1. The molecular formula is C14H18ClN3O2. The summed E-state index contributed by atoms with van der Waals surface area (Å²) in [4.78, 5) is 14.0. The van der Waals surface area contributed by atoms with Crippen molar-refractivity contribution in [1.29, 1.82) is 0 Å². The van der Waals surface area contributed by atoms with Crippen molar-refractivity contribution in [3.8, 4) is 0 Å². The van der Waals surface area contributed by atoms with E-state index < -0.39 is 0 Å². The van der Waals surface area contributed by atoms with E-state index in [9.17, 15) is 4.79 Å². The van der Waals surface area contributed by atoms with Crippen LogP contribution in [-0.2, 0) is 11.8 Å². The van der Waals surface area contributed by atoms with Gasteiger partial charge in [-0.05, 0) is 6.07 Å². The summed E-state index contributed by atoms with van der Waals surface area (Å²) < 4.78 is 6.69. The molecule has 0 saturated carbocycles. The van der Waals surface area contributed by atoms with Gasteiger partial charge < -0.3 is 9.64 Å². The fraction of sp³-hybridized carbons (Fsp3) is 0.429. The number of aryl methyl sites for hydroxylation is 1. The first-order valence-electron chi connectivity index (χ1n) is 6.34. The molecule has 1 aromatic heterocycles. The minimum absolute atomic E-state index is 0.136. The largest absolute Gasteiger partial charge is 0.383 e. The second-order valence-electron chi connectivity index (χ2n) is 4.73. The summed E-state index contributed by atoms with van der Waals surface area (Å²) in [6.45, 7) is 0.821. The third kappa shape index (κ3) is 2.94. The van der Waals surface area contributed by atoms with Crippen LogP contribution in [0.4, 0.5) is 0 Å². The van der Waals surface area contributed by atoms with Gasteiger partial charge in [-0.15, -0.1) is 11.6 Å². The van der Waals surface area contributed by atoms with E-state index in [1.165, 1.54) is 0 Å². The van der Waals surface area contributed by atoms with Crippen molar-refractivity contribution < 1.29 is 9.53 Å². The Labute approximate surface area is 123 Å². The number of ether oxygens (including phenoxy) is 1. The standard InChI is InChI=1S/C14H18ClN3O2/c1-17(8-10(15)9-20-3)14(19)13-11-6-4-5-7-12(11)18(2)16-13/h4-7,10H,8-9H2,1-3H3. The predicted octanol–water partition coefficient (Wildman–Crippen LogP) is 1.90. The number of hydrogen-bond acceptors (Lipinski definition) is 3. The number of carbonyl (C=O) groups excluding carboxylic acids is 1. The molecule has 6 heteroatoms. The first-order chi connectivity index (χ1) is 9.54. The fourth-order valence-electron chi connectivity index (χ4n) is 2.17. The third-order valence-corrected chi connectivity index (χ3v) is 3.39.